The van der Waals surface area contributed by atoms with Crippen molar-refractivity contribution in [2.75, 3.05) is 13.7 Å². The minimum Gasteiger partial charge on any atom is -0.372 e. The predicted molar refractivity (Wildman–Crippen MR) is 59.4 cm³/mol. The zero-order valence-corrected chi connectivity index (χ0v) is 9.66. The van der Waals surface area contributed by atoms with E-state index in [0.29, 0.717) is 12.5 Å². The largest absolute Gasteiger partial charge is 0.372 e. The van der Waals surface area contributed by atoms with E-state index >= 15 is 0 Å². The second kappa shape index (κ2) is 6.08. The van der Waals surface area contributed by atoms with Gasteiger partial charge in [0, 0.05) is 19.7 Å². The molecule has 3 N–H and O–H groups in total. The van der Waals surface area contributed by atoms with Gasteiger partial charge < -0.3 is 15.8 Å². The van der Waals surface area contributed by atoms with Gasteiger partial charge in [0.05, 0.1) is 0 Å². The standard InChI is InChI=1S/C11H22N2O2/c1-8(15-2)11(14)13-7-9-5-3-4-6-10(9)12/h8-10H,3-7,12H2,1-2H3,(H,13,14). The van der Waals surface area contributed by atoms with E-state index in [-0.39, 0.29) is 18.1 Å². The van der Waals surface area contributed by atoms with Crippen LogP contribution in [0.15, 0.2) is 0 Å². The molecule has 0 radical (unpaired) electrons. The predicted octanol–water partition coefficient (Wildman–Crippen LogP) is 0.655. The quantitative estimate of drug-likeness (QED) is 0.722. The fourth-order valence-corrected chi connectivity index (χ4v) is 1.97. The Balaban J connectivity index is 2.26. The normalized spacial score (nSPS) is 28.5. The summed E-state index contributed by atoms with van der Waals surface area (Å²) in [6.45, 7) is 2.43. The van der Waals surface area contributed by atoms with Crippen molar-refractivity contribution in [1.29, 1.82) is 0 Å². The number of amides is 1. The summed E-state index contributed by atoms with van der Waals surface area (Å²) in [7, 11) is 1.54. The van der Waals surface area contributed by atoms with Crippen LogP contribution < -0.4 is 11.1 Å². The highest BCUT2D eigenvalue weighted by atomic mass is 16.5. The van der Waals surface area contributed by atoms with E-state index in [4.69, 9.17) is 10.5 Å². The number of hydrogen-bond acceptors (Lipinski definition) is 3. The minimum absolute atomic E-state index is 0.0460. The first kappa shape index (κ1) is 12.5. The summed E-state index contributed by atoms with van der Waals surface area (Å²) in [5.74, 6) is 0.391. The third-order valence-corrected chi connectivity index (χ3v) is 3.23. The van der Waals surface area contributed by atoms with Crippen molar-refractivity contribution in [3.8, 4) is 0 Å². The summed E-state index contributed by atoms with van der Waals surface area (Å²) in [5.41, 5.74) is 5.99. The molecule has 0 aromatic rings. The molecule has 3 unspecified atom stereocenters. The topological polar surface area (TPSA) is 64.3 Å². The minimum atomic E-state index is -0.371. The molecule has 4 heteroatoms. The van der Waals surface area contributed by atoms with Crippen molar-refractivity contribution in [3.63, 3.8) is 0 Å². The fourth-order valence-electron chi connectivity index (χ4n) is 1.97. The number of ether oxygens (including phenoxy) is 1. The van der Waals surface area contributed by atoms with Crippen LogP contribution in [0.5, 0.6) is 0 Å². The van der Waals surface area contributed by atoms with Gasteiger partial charge in [-0.05, 0) is 25.7 Å². The van der Waals surface area contributed by atoms with Crippen LogP contribution in [0.25, 0.3) is 0 Å². The van der Waals surface area contributed by atoms with Crippen LogP contribution in [0, 0.1) is 5.92 Å². The highest BCUT2D eigenvalue weighted by molar-refractivity contribution is 5.80. The lowest BCUT2D eigenvalue weighted by Crippen LogP contribution is -2.43. The third-order valence-electron chi connectivity index (χ3n) is 3.23. The lowest BCUT2D eigenvalue weighted by atomic mass is 9.85. The lowest BCUT2D eigenvalue weighted by Gasteiger charge is -2.28. The zero-order chi connectivity index (χ0) is 11.3. The number of rotatable bonds is 4. The molecule has 0 aromatic carbocycles. The first-order valence-corrected chi connectivity index (χ1v) is 5.71. The van der Waals surface area contributed by atoms with Crippen LogP contribution >= 0.6 is 0 Å². The summed E-state index contributed by atoms with van der Waals surface area (Å²) in [4.78, 5) is 11.4. The lowest BCUT2D eigenvalue weighted by molar-refractivity contribution is -0.130. The van der Waals surface area contributed by atoms with E-state index in [1.54, 1.807) is 6.92 Å². The average molecular weight is 214 g/mol. The number of carbonyl (C=O) groups is 1. The van der Waals surface area contributed by atoms with Gasteiger partial charge in [-0.3, -0.25) is 4.79 Å². The number of methoxy groups -OCH3 is 1. The van der Waals surface area contributed by atoms with Gasteiger partial charge in [0.1, 0.15) is 6.10 Å². The number of nitrogens with two attached hydrogens (primary N) is 1. The SMILES string of the molecule is COC(C)C(=O)NCC1CCCCC1N. The Bertz CT molecular complexity index is 209. The molecular weight excluding hydrogens is 192 g/mol. The molecule has 0 saturated heterocycles. The van der Waals surface area contributed by atoms with E-state index in [9.17, 15) is 4.79 Å². The first-order chi connectivity index (χ1) is 7.15. The molecule has 1 rings (SSSR count). The maximum Gasteiger partial charge on any atom is 0.248 e. The van der Waals surface area contributed by atoms with E-state index in [0.717, 1.165) is 12.8 Å². The monoisotopic (exact) mass is 214 g/mol. The molecule has 1 aliphatic carbocycles. The Morgan fingerprint density at radius 3 is 2.80 bits per heavy atom. The van der Waals surface area contributed by atoms with Crippen molar-refractivity contribution in [1.82, 2.24) is 5.32 Å². The first-order valence-electron chi connectivity index (χ1n) is 5.71. The number of carbonyl (C=O) groups excluding carboxylic acids is 1. The van der Waals surface area contributed by atoms with E-state index in [2.05, 4.69) is 5.32 Å². The van der Waals surface area contributed by atoms with Gasteiger partial charge in [-0.25, -0.2) is 0 Å². The Morgan fingerprint density at radius 2 is 2.20 bits per heavy atom. The molecule has 1 saturated carbocycles. The molecule has 0 bridgehead atoms. The molecule has 0 aliphatic heterocycles. The van der Waals surface area contributed by atoms with Gasteiger partial charge >= 0.3 is 0 Å². The van der Waals surface area contributed by atoms with E-state index < -0.39 is 0 Å². The molecule has 1 aliphatic rings. The van der Waals surface area contributed by atoms with Gasteiger partial charge in [0.2, 0.25) is 5.91 Å². The summed E-state index contributed by atoms with van der Waals surface area (Å²) in [5, 5.41) is 2.89. The van der Waals surface area contributed by atoms with Gasteiger partial charge in [0.25, 0.3) is 0 Å². The summed E-state index contributed by atoms with van der Waals surface area (Å²) < 4.78 is 4.94. The second-order valence-corrected chi connectivity index (χ2v) is 4.33. The maximum atomic E-state index is 11.4. The van der Waals surface area contributed by atoms with Crippen LogP contribution in [-0.4, -0.2) is 31.7 Å². The molecule has 3 atom stereocenters. The summed E-state index contributed by atoms with van der Waals surface area (Å²) in [6.07, 6.45) is 4.29. The van der Waals surface area contributed by atoms with E-state index in [1.807, 2.05) is 0 Å². The van der Waals surface area contributed by atoms with Gasteiger partial charge in [0.15, 0.2) is 0 Å². The highest BCUT2D eigenvalue weighted by Crippen LogP contribution is 2.22. The Kier molecular flexibility index (Phi) is 5.05. The van der Waals surface area contributed by atoms with Crippen LogP contribution in [0.3, 0.4) is 0 Å². The van der Waals surface area contributed by atoms with Crippen molar-refractivity contribution in [2.45, 2.75) is 44.8 Å². The van der Waals surface area contributed by atoms with Crippen molar-refractivity contribution < 1.29 is 9.53 Å². The van der Waals surface area contributed by atoms with Gasteiger partial charge in [-0.2, -0.15) is 0 Å². The van der Waals surface area contributed by atoms with Crippen molar-refractivity contribution >= 4 is 5.91 Å². The summed E-state index contributed by atoms with van der Waals surface area (Å²) >= 11 is 0. The van der Waals surface area contributed by atoms with Crippen LogP contribution in [0.4, 0.5) is 0 Å². The Labute approximate surface area is 91.5 Å². The molecule has 0 spiro atoms. The number of hydrogen-bond donors (Lipinski definition) is 2. The summed E-state index contributed by atoms with van der Waals surface area (Å²) in [6, 6.07) is 0.247. The Hall–Kier alpha value is -0.610. The third kappa shape index (κ3) is 3.80. The maximum absolute atomic E-state index is 11.4. The van der Waals surface area contributed by atoms with Crippen LogP contribution in [0.1, 0.15) is 32.6 Å². The smallest absolute Gasteiger partial charge is 0.248 e. The molecular formula is C11H22N2O2. The molecule has 15 heavy (non-hydrogen) atoms. The second-order valence-electron chi connectivity index (χ2n) is 4.33. The molecule has 0 heterocycles. The molecule has 1 amide bonds. The van der Waals surface area contributed by atoms with Crippen molar-refractivity contribution in [3.05, 3.63) is 0 Å². The van der Waals surface area contributed by atoms with E-state index in [1.165, 1.54) is 20.0 Å². The van der Waals surface area contributed by atoms with Gasteiger partial charge in [-0.15, -0.1) is 0 Å². The number of nitrogens with one attached hydrogen (secondary N) is 1. The van der Waals surface area contributed by atoms with Crippen LogP contribution in [-0.2, 0) is 9.53 Å². The average Bonchev–Trinajstić information content (AvgIpc) is 2.26. The molecule has 0 aromatic heterocycles. The highest BCUT2D eigenvalue weighted by Gasteiger charge is 2.22. The molecule has 1 fully saturated rings. The zero-order valence-electron chi connectivity index (χ0n) is 9.66. The Morgan fingerprint density at radius 1 is 1.53 bits per heavy atom. The molecule has 4 nitrogen and oxygen atoms in total. The fraction of sp³-hybridized carbons (Fsp3) is 0.909. The van der Waals surface area contributed by atoms with Crippen molar-refractivity contribution in [2.24, 2.45) is 11.7 Å². The molecule has 88 valence electrons. The van der Waals surface area contributed by atoms with Gasteiger partial charge in [-0.1, -0.05) is 12.8 Å². The van der Waals surface area contributed by atoms with Crippen LogP contribution in [0.2, 0.25) is 0 Å².